The Morgan fingerprint density at radius 2 is 2.07 bits per heavy atom. The quantitative estimate of drug-likeness (QED) is 0.799. The molecule has 3 aliphatic rings. The molecule has 152 valence electrons. The molecule has 0 aliphatic carbocycles. The van der Waals surface area contributed by atoms with Crippen molar-refractivity contribution in [3.63, 3.8) is 0 Å². The maximum atomic E-state index is 12.0. The number of carboxylic acids is 1. The van der Waals surface area contributed by atoms with Crippen LogP contribution in [0.3, 0.4) is 0 Å². The highest BCUT2D eigenvalue weighted by molar-refractivity contribution is 6.09. The SMILES string of the molecule is CC(=O)O.Cc1cc2c(cc1CC1(C)CN(C)C1)N1C(=NNC(=O)C1C)CO2. The molecule has 4 rings (SSSR count). The monoisotopic (exact) mass is 388 g/mol. The Bertz CT molecular complexity index is 826. The van der Waals surface area contributed by atoms with Gasteiger partial charge in [0.05, 0.1) is 5.69 Å². The third-order valence-electron chi connectivity index (χ3n) is 5.29. The van der Waals surface area contributed by atoms with Crippen LogP contribution in [0, 0.1) is 12.3 Å². The van der Waals surface area contributed by atoms with Gasteiger partial charge in [-0.05, 0) is 56.0 Å². The van der Waals surface area contributed by atoms with Gasteiger partial charge in [-0.15, -0.1) is 0 Å². The first-order valence-electron chi connectivity index (χ1n) is 9.40. The maximum absolute atomic E-state index is 12.0. The Kier molecular flexibility index (Phi) is 5.34. The Labute approximate surface area is 165 Å². The number of aryl methyl sites for hydroxylation is 1. The zero-order valence-electron chi connectivity index (χ0n) is 17.1. The first kappa shape index (κ1) is 20.1. The molecule has 3 heterocycles. The van der Waals surface area contributed by atoms with Crippen molar-refractivity contribution in [3.05, 3.63) is 23.3 Å². The van der Waals surface area contributed by atoms with E-state index in [1.807, 2.05) is 11.8 Å². The molecule has 1 aromatic rings. The molecular formula is C20H28N4O4. The summed E-state index contributed by atoms with van der Waals surface area (Å²) in [4.78, 5) is 25.4. The molecule has 3 aliphatic heterocycles. The summed E-state index contributed by atoms with van der Waals surface area (Å²) in [5, 5.41) is 11.6. The van der Waals surface area contributed by atoms with Gasteiger partial charge in [-0.1, -0.05) is 6.92 Å². The van der Waals surface area contributed by atoms with Crippen LogP contribution in [-0.4, -0.2) is 60.5 Å². The number of hydrazone groups is 1. The summed E-state index contributed by atoms with van der Waals surface area (Å²) in [6.07, 6.45) is 1.04. The van der Waals surface area contributed by atoms with E-state index >= 15 is 0 Å². The third kappa shape index (κ3) is 3.96. The van der Waals surface area contributed by atoms with Crippen LogP contribution in [0.5, 0.6) is 5.75 Å². The van der Waals surface area contributed by atoms with E-state index < -0.39 is 5.97 Å². The van der Waals surface area contributed by atoms with Crippen LogP contribution in [0.2, 0.25) is 0 Å². The van der Waals surface area contributed by atoms with Crippen LogP contribution < -0.4 is 15.1 Å². The number of hydrogen-bond donors (Lipinski definition) is 2. The summed E-state index contributed by atoms with van der Waals surface area (Å²) in [6.45, 7) is 10.1. The zero-order chi connectivity index (χ0) is 20.6. The number of likely N-dealkylation sites (tertiary alicyclic amines) is 1. The minimum Gasteiger partial charge on any atom is -0.483 e. The average Bonchev–Trinajstić information content (AvgIpc) is 2.57. The third-order valence-corrected chi connectivity index (χ3v) is 5.29. The number of hydrogen-bond acceptors (Lipinski definition) is 6. The minimum atomic E-state index is -0.833. The Hall–Kier alpha value is -2.61. The number of nitrogens with one attached hydrogen (secondary N) is 1. The van der Waals surface area contributed by atoms with Crippen molar-refractivity contribution in [1.82, 2.24) is 10.3 Å². The van der Waals surface area contributed by atoms with Crippen molar-refractivity contribution in [1.29, 1.82) is 0 Å². The summed E-state index contributed by atoms with van der Waals surface area (Å²) in [7, 11) is 2.16. The number of carbonyl (C=O) groups excluding carboxylic acids is 1. The van der Waals surface area contributed by atoms with Gasteiger partial charge in [0.2, 0.25) is 0 Å². The maximum Gasteiger partial charge on any atom is 0.300 e. The van der Waals surface area contributed by atoms with Gasteiger partial charge in [0.1, 0.15) is 18.4 Å². The van der Waals surface area contributed by atoms with Crippen molar-refractivity contribution < 1.29 is 19.4 Å². The van der Waals surface area contributed by atoms with Gasteiger partial charge in [0.25, 0.3) is 11.9 Å². The fourth-order valence-corrected chi connectivity index (χ4v) is 4.24. The minimum absolute atomic E-state index is 0.0821. The van der Waals surface area contributed by atoms with E-state index in [-0.39, 0.29) is 11.9 Å². The fraction of sp³-hybridized carbons (Fsp3) is 0.550. The highest BCUT2D eigenvalue weighted by Crippen LogP contribution is 2.40. The number of anilines is 1. The lowest BCUT2D eigenvalue weighted by Crippen LogP contribution is -2.55. The molecule has 8 heteroatoms. The van der Waals surface area contributed by atoms with E-state index in [9.17, 15) is 4.79 Å². The summed E-state index contributed by atoms with van der Waals surface area (Å²) >= 11 is 0. The van der Waals surface area contributed by atoms with Gasteiger partial charge >= 0.3 is 0 Å². The molecule has 0 aromatic heterocycles. The van der Waals surface area contributed by atoms with Crippen molar-refractivity contribution in [2.45, 2.75) is 40.2 Å². The Morgan fingerprint density at radius 3 is 2.68 bits per heavy atom. The number of nitrogens with zero attached hydrogens (tertiary/aromatic N) is 3. The molecule has 8 nitrogen and oxygen atoms in total. The molecule has 0 radical (unpaired) electrons. The van der Waals surface area contributed by atoms with Gasteiger partial charge in [-0.3, -0.25) is 9.59 Å². The lowest BCUT2D eigenvalue weighted by Gasteiger charge is -2.47. The van der Waals surface area contributed by atoms with E-state index in [1.165, 1.54) is 11.1 Å². The number of ether oxygens (including phenoxy) is 1. The molecule has 1 unspecified atom stereocenters. The summed E-state index contributed by atoms with van der Waals surface area (Å²) in [6, 6.07) is 4.02. The summed E-state index contributed by atoms with van der Waals surface area (Å²) in [5.41, 5.74) is 6.43. The molecule has 1 amide bonds. The van der Waals surface area contributed by atoms with Crippen LogP contribution in [0.15, 0.2) is 17.2 Å². The van der Waals surface area contributed by atoms with Crippen molar-refractivity contribution >= 4 is 23.4 Å². The first-order valence-corrected chi connectivity index (χ1v) is 9.40. The molecule has 1 saturated heterocycles. The molecule has 0 saturated carbocycles. The number of amidine groups is 1. The standard InChI is InChI=1S/C18H24N4O2.C2H4O2/c1-11-5-15-14(6-13(11)7-18(3)9-21(4)10-18)22-12(2)17(23)20-19-16(22)8-24-15;1-2(3)4/h5-6,12H,7-10H2,1-4H3,(H,20,23);1H3,(H,3,4). The first-order chi connectivity index (χ1) is 13.1. The smallest absolute Gasteiger partial charge is 0.300 e. The second-order valence-corrected chi connectivity index (χ2v) is 8.26. The lowest BCUT2D eigenvalue weighted by molar-refractivity contribution is -0.134. The number of benzene rings is 1. The average molecular weight is 388 g/mol. The van der Waals surface area contributed by atoms with Crippen molar-refractivity contribution in [2.75, 3.05) is 31.6 Å². The van der Waals surface area contributed by atoms with Crippen LogP contribution in [-0.2, 0) is 16.0 Å². The number of aliphatic carboxylic acids is 1. The zero-order valence-corrected chi connectivity index (χ0v) is 17.1. The van der Waals surface area contributed by atoms with Crippen molar-refractivity contribution in [3.8, 4) is 5.75 Å². The molecule has 2 N–H and O–H groups in total. The topological polar surface area (TPSA) is 94.5 Å². The number of carboxylic acid groups (broad SMARTS) is 1. The predicted octanol–water partition coefficient (Wildman–Crippen LogP) is 1.61. The molecule has 1 aromatic carbocycles. The Morgan fingerprint density at radius 1 is 1.43 bits per heavy atom. The van der Waals surface area contributed by atoms with Crippen molar-refractivity contribution in [2.24, 2.45) is 10.5 Å². The number of amides is 1. The van der Waals surface area contributed by atoms with Crippen LogP contribution in [0.1, 0.15) is 31.9 Å². The van der Waals surface area contributed by atoms with Crippen LogP contribution in [0.25, 0.3) is 0 Å². The van der Waals surface area contributed by atoms with Gasteiger partial charge in [-0.2, -0.15) is 5.10 Å². The summed E-state index contributed by atoms with van der Waals surface area (Å²) < 4.78 is 5.87. The molecule has 0 bridgehead atoms. The second-order valence-electron chi connectivity index (χ2n) is 8.26. The van der Waals surface area contributed by atoms with E-state index in [1.54, 1.807) is 0 Å². The molecule has 1 fully saturated rings. The normalized spacial score (nSPS) is 22.3. The second kappa shape index (κ2) is 7.43. The van der Waals surface area contributed by atoms with Crippen LogP contribution >= 0.6 is 0 Å². The lowest BCUT2D eigenvalue weighted by atomic mass is 9.76. The van der Waals surface area contributed by atoms with Gasteiger partial charge in [-0.25, -0.2) is 5.43 Å². The van der Waals surface area contributed by atoms with Gasteiger partial charge in [0.15, 0.2) is 5.84 Å². The molecule has 28 heavy (non-hydrogen) atoms. The number of carbonyl (C=O) groups is 2. The van der Waals surface area contributed by atoms with Gasteiger partial charge < -0.3 is 19.6 Å². The molecular weight excluding hydrogens is 360 g/mol. The Balaban J connectivity index is 0.000000516. The fourth-order valence-electron chi connectivity index (χ4n) is 4.24. The van der Waals surface area contributed by atoms with Gasteiger partial charge in [0, 0.05) is 20.0 Å². The molecule has 0 spiro atoms. The number of fused-ring (bicyclic) bond motifs is 3. The highest BCUT2D eigenvalue weighted by atomic mass is 16.5. The van der Waals surface area contributed by atoms with Crippen LogP contribution in [0.4, 0.5) is 5.69 Å². The number of rotatable bonds is 2. The predicted molar refractivity (Wildman–Crippen MR) is 107 cm³/mol. The highest BCUT2D eigenvalue weighted by Gasteiger charge is 2.38. The molecule has 1 atom stereocenters. The van der Waals surface area contributed by atoms with E-state index in [4.69, 9.17) is 14.6 Å². The summed E-state index contributed by atoms with van der Waals surface area (Å²) in [5.74, 6) is 0.688. The van der Waals surface area contributed by atoms with E-state index in [2.05, 4.69) is 48.5 Å². The van der Waals surface area contributed by atoms with E-state index in [0.717, 1.165) is 43.7 Å². The largest absolute Gasteiger partial charge is 0.483 e. The van der Waals surface area contributed by atoms with E-state index in [0.29, 0.717) is 12.0 Å².